The molecule has 1 N–H and O–H groups in total. The molecule has 0 spiro atoms. The van der Waals surface area contributed by atoms with E-state index >= 15 is 0 Å². The molecular weight excluding hydrogens is 259 g/mol. The monoisotopic (exact) mass is 278 g/mol. The highest BCUT2D eigenvalue weighted by molar-refractivity contribution is 5.99. The summed E-state index contributed by atoms with van der Waals surface area (Å²) in [6, 6.07) is 4.62. The molecule has 4 nitrogen and oxygen atoms in total. The van der Waals surface area contributed by atoms with Crippen molar-refractivity contribution in [3.63, 3.8) is 0 Å². The third kappa shape index (κ3) is 2.98. The Morgan fingerprint density at radius 1 is 1.45 bits per heavy atom. The summed E-state index contributed by atoms with van der Waals surface area (Å²) >= 11 is 0. The second-order valence-corrected chi connectivity index (χ2v) is 5.04. The van der Waals surface area contributed by atoms with Crippen LogP contribution in [-0.2, 0) is 4.79 Å². The number of hydrogen-bond acceptors (Lipinski definition) is 3. The van der Waals surface area contributed by atoms with E-state index in [1.165, 1.54) is 13.0 Å². The molecule has 1 aromatic rings. The maximum atomic E-state index is 13.7. The van der Waals surface area contributed by atoms with Crippen LogP contribution in [0.2, 0.25) is 0 Å². The zero-order valence-electron chi connectivity index (χ0n) is 11.8. The van der Waals surface area contributed by atoms with Gasteiger partial charge >= 0.3 is 0 Å². The number of halogens is 1. The van der Waals surface area contributed by atoms with Crippen molar-refractivity contribution in [3.05, 3.63) is 29.6 Å². The van der Waals surface area contributed by atoms with E-state index in [-0.39, 0.29) is 23.3 Å². The SMILES string of the molecule is CCC(=O)N1CCC(Nc2cccc(F)c2C(C)=O)C1. The Morgan fingerprint density at radius 3 is 2.85 bits per heavy atom. The summed E-state index contributed by atoms with van der Waals surface area (Å²) in [7, 11) is 0. The first kappa shape index (κ1) is 14.5. The third-order valence-electron chi connectivity index (χ3n) is 3.57. The van der Waals surface area contributed by atoms with Gasteiger partial charge in [0.2, 0.25) is 5.91 Å². The van der Waals surface area contributed by atoms with Gasteiger partial charge in [-0.05, 0) is 25.5 Å². The number of ketones is 1. The Labute approximate surface area is 118 Å². The lowest BCUT2D eigenvalue weighted by molar-refractivity contribution is -0.129. The molecule has 0 aliphatic carbocycles. The molecule has 108 valence electrons. The van der Waals surface area contributed by atoms with E-state index in [0.717, 1.165) is 6.42 Å². The van der Waals surface area contributed by atoms with Gasteiger partial charge in [-0.25, -0.2) is 4.39 Å². The zero-order chi connectivity index (χ0) is 14.7. The number of benzene rings is 1. The van der Waals surface area contributed by atoms with Gasteiger partial charge in [-0.15, -0.1) is 0 Å². The maximum Gasteiger partial charge on any atom is 0.222 e. The van der Waals surface area contributed by atoms with Crippen molar-refractivity contribution in [3.8, 4) is 0 Å². The van der Waals surface area contributed by atoms with Crippen molar-refractivity contribution in [1.29, 1.82) is 0 Å². The highest BCUT2D eigenvalue weighted by Gasteiger charge is 2.26. The van der Waals surface area contributed by atoms with Crippen LogP contribution in [0.3, 0.4) is 0 Å². The van der Waals surface area contributed by atoms with Gasteiger partial charge in [0.25, 0.3) is 0 Å². The summed E-state index contributed by atoms with van der Waals surface area (Å²) in [6.07, 6.45) is 1.30. The average molecular weight is 278 g/mol. The highest BCUT2D eigenvalue weighted by atomic mass is 19.1. The Bertz CT molecular complexity index is 531. The minimum Gasteiger partial charge on any atom is -0.380 e. The van der Waals surface area contributed by atoms with Crippen molar-refractivity contribution >= 4 is 17.4 Å². The molecular formula is C15H19FN2O2. The molecule has 1 amide bonds. The Kier molecular flexibility index (Phi) is 4.37. The Balaban J connectivity index is 2.10. The number of carbonyl (C=O) groups is 2. The van der Waals surface area contributed by atoms with E-state index in [2.05, 4.69) is 5.32 Å². The van der Waals surface area contributed by atoms with Crippen molar-refractivity contribution in [1.82, 2.24) is 4.90 Å². The predicted octanol–water partition coefficient (Wildman–Crippen LogP) is 2.45. The van der Waals surface area contributed by atoms with Crippen molar-refractivity contribution in [2.45, 2.75) is 32.7 Å². The lowest BCUT2D eigenvalue weighted by Gasteiger charge is -2.18. The standard InChI is InChI=1S/C15H19FN2O2/c1-3-14(20)18-8-7-11(9-18)17-13-6-4-5-12(16)15(13)10(2)19/h4-6,11,17H,3,7-9H2,1-2H3. The van der Waals surface area contributed by atoms with Gasteiger partial charge in [0.15, 0.2) is 5.78 Å². The highest BCUT2D eigenvalue weighted by Crippen LogP contribution is 2.23. The van der Waals surface area contributed by atoms with Crippen LogP contribution in [0.1, 0.15) is 37.0 Å². The first-order valence-electron chi connectivity index (χ1n) is 6.86. The predicted molar refractivity (Wildman–Crippen MR) is 75.3 cm³/mol. The number of hydrogen-bond donors (Lipinski definition) is 1. The molecule has 1 unspecified atom stereocenters. The van der Waals surface area contributed by atoms with E-state index in [4.69, 9.17) is 0 Å². The van der Waals surface area contributed by atoms with Gasteiger partial charge in [-0.3, -0.25) is 9.59 Å². The summed E-state index contributed by atoms with van der Waals surface area (Å²) in [5.41, 5.74) is 0.598. The van der Waals surface area contributed by atoms with Crippen molar-refractivity contribution < 1.29 is 14.0 Å². The maximum absolute atomic E-state index is 13.7. The topological polar surface area (TPSA) is 49.4 Å². The van der Waals surface area contributed by atoms with Crippen LogP contribution in [0.5, 0.6) is 0 Å². The van der Waals surface area contributed by atoms with Gasteiger partial charge in [0, 0.05) is 31.2 Å². The molecule has 2 rings (SSSR count). The normalized spacial score (nSPS) is 18.1. The molecule has 0 saturated carbocycles. The average Bonchev–Trinajstić information content (AvgIpc) is 2.86. The molecule has 0 aromatic heterocycles. The fourth-order valence-corrected chi connectivity index (χ4v) is 2.55. The van der Waals surface area contributed by atoms with Gasteiger partial charge in [-0.2, -0.15) is 0 Å². The van der Waals surface area contributed by atoms with E-state index in [9.17, 15) is 14.0 Å². The second-order valence-electron chi connectivity index (χ2n) is 5.04. The summed E-state index contributed by atoms with van der Waals surface area (Å²) in [4.78, 5) is 25.0. The molecule has 1 aliphatic rings. The van der Waals surface area contributed by atoms with Crippen LogP contribution >= 0.6 is 0 Å². The number of rotatable bonds is 4. The molecule has 0 bridgehead atoms. The molecule has 1 aromatic carbocycles. The minimum absolute atomic E-state index is 0.0606. The number of anilines is 1. The molecule has 0 radical (unpaired) electrons. The molecule has 20 heavy (non-hydrogen) atoms. The first-order chi connectivity index (χ1) is 9.52. The number of Topliss-reactive ketones (excluding diaryl/α,β-unsaturated/α-hetero) is 1. The van der Waals surface area contributed by atoms with E-state index in [1.807, 2.05) is 6.92 Å². The quantitative estimate of drug-likeness (QED) is 0.861. The Morgan fingerprint density at radius 2 is 2.20 bits per heavy atom. The second kappa shape index (κ2) is 6.03. The fraction of sp³-hybridized carbons (Fsp3) is 0.467. The number of amides is 1. The summed E-state index contributed by atoms with van der Waals surface area (Å²) in [5, 5.41) is 3.19. The molecule has 1 fully saturated rings. The van der Waals surface area contributed by atoms with Crippen molar-refractivity contribution in [2.75, 3.05) is 18.4 Å². The van der Waals surface area contributed by atoms with Crippen molar-refractivity contribution in [2.24, 2.45) is 0 Å². The number of nitrogens with one attached hydrogen (secondary N) is 1. The van der Waals surface area contributed by atoms with E-state index < -0.39 is 5.82 Å². The lowest BCUT2D eigenvalue weighted by Crippen LogP contribution is -2.31. The van der Waals surface area contributed by atoms with Crippen LogP contribution in [0.25, 0.3) is 0 Å². The summed E-state index contributed by atoms with van der Waals surface area (Å²) < 4.78 is 13.7. The molecule has 5 heteroatoms. The third-order valence-corrected chi connectivity index (χ3v) is 3.57. The Hall–Kier alpha value is -1.91. The lowest BCUT2D eigenvalue weighted by atomic mass is 10.1. The fourth-order valence-electron chi connectivity index (χ4n) is 2.55. The minimum atomic E-state index is -0.512. The van der Waals surface area contributed by atoms with Crippen LogP contribution in [0.4, 0.5) is 10.1 Å². The molecule has 1 aliphatic heterocycles. The number of likely N-dealkylation sites (tertiary alicyclic amines) is 1. The number of carbonyl (C=O) groups excluding carboxylic acids is 2. The van der Waals surface area contributed by atoms with Gasteiger partial charge in [0.1, 0.15) is 5.82 Å². The summed E-state index contributed by atoms with van der Waals surface area (Å²) in [5.74, 6) is -0.688. The van der Waals surface area contributed by atoms with E-state index in [0.29, 0.717) is 25.2 Å². The van der Waals surface area contributed by atoms with E-state index in [1.54, 1.807) is 17.0 Å². The molecule has 1 atom stereocenters. The van der Waals surface area contributed by atoms with Crippen LogP contribution in [0.15, 0.2) is 18.2 Å². The van der Waals surface area contributed by atoms with Crippen LogP contribution in [-0.4, -0.2) is 35.7 Å². The summed E-state index contributed by atoms with van der Waals surface area (Å²) in [6.45, 7) is 4.49. The largest absolute Gasteiger partial charge is 0.380 e. The van der Waals surface area contributed by atoms with Gasteiger partial charge in [0.05, 0.1) is 5.56 Å². The van der Waals surface area contributed by atoms with Crippen LogP contribution in [0, 0.1) is 5.82 Å². The van der Waals surface area contributed by atoms with Gasteiger partial charge in [-0.1, -0.05) is 13.0 Å². The molecule has 1 heterocycles. The smallest absolute Gasteiger partial charge is 0.222 e. The zero-order valence-corrected chi connectivity index (χ0v) is 11.8. The number of nitrogens with zero attached hydrogens (tertiary/aromatic N) is 1. The van der Waals surface area contributed by atoms with Gasteiger partial charge < -0.3 is 10.2 Å². The molecule has 1 saturated heterocycles. The van der Waals surface area contributed by atoms with Crippen LogP contribution < -0.4 is 5.32 Å². The first-order valence-corrected chi connectivity index (χ1v) is 6.86.